The summed E-state index contributed by atoms with van der Waals surface area (Å²) < 4.78 is 5.21. The average molecular weight is 393 g/mol. The van der Waals surface area contributed by atoms with Gasteiger partial charge in [-0.25, -0.2) is 9.97 Å². The molecule has 0 unspecified atom stereocenters. The Morgan fingerprint density at radius 3 is 2.32 bits per heavy atom. The van der Waals surface area contributed by atoms with Gasteiger partial charge in [0.2, 0.25) is 0 Å². The number of rotatable bonds is 6. The number of aromatic nitrogens is 2. The van der Waals surface area contributed by atoms with Crippen molar-refractivity contribution >= 4 is 23.3 Å². The largest absolute Gasteiger partial charge is 0.497 e. The lowest BCUT2D eigenvalue weighted by Gasteiger charge is -2.36. The van der Waals surface area contributed by atoms with E-state index in [1.165, 1.54) is 11.3 Å². The van der Waals surface area contributed by atoms with Gasteiger partial charge in [-0.2, -0.15) is 0 Å². The first-order valence-corrected chi connectivity index (χ1v) is 10.4. The second-order valence-corrected chi connectivity index (χ2v) is 7.66. The Balaban J connectivity index is 1.34. The van der Waals surface area contributed by atoms with Crippen LogP contribution < -0.4 is 14.5 Å². The van der Waals surface area contributed by atoms with Crippen molar-refractivity contribution in [3.05, 3.63) is 72.6 Å². The second-order valence-electron chi connectivity index (χ2n) is 6.66. The Labute approximate surface area is 170 Å². The van der Waals surface area contributed by atoms with Gasteiger partial charge >= 0.3 is 0 Å². The Morgan fingerprint density at radius 1 is 0.893 bits per heavy atom. The molecule has 1 fully saturated rings. The molecule has 0 atom stereocenters. The van der Waals surface area contributed by atoms with Crippen molar-refractivity contribution in [2.45, 2.75) is 10.8 Å². The van der Waals surface area contributed by atoms with Gasteiger partial charge in [0.05, 0.1) is 7.11 Å². The zero-order chi connectivity index (χ0) is 19.2. The normalized spacial score (nSPS) is 14.2. The van der Waals surface area contributed by atoms with E-state index in [2.05, 4.69) is 68.3 Å². The highest BCUT2D eigenvalue weighted by Gasteiger charge is 2.18. The molecule has 1 aliphatic heterocycles. The van der Waals surface area contributed by atoms with Crippen LogP contribution in [0.1, 0.15) is 5.56 Å². The molecule has 5 nitrogen and oxygen atoms in total. The maximum absolute atomic E-state index is 5.21. The van der Waals surface area contributed by atoms with Crippen LogP contribution in [0.5, 0.6) is 5.75 Å². The summed E-state index contributed by atoms with van der Waals surface area (Å²) in [5, 5.41) is 1.01. The number of methoxy groups -OCH3 is 1. The SMILES string of the molecule is COc1ccc(CSc2cc(N3CCN(c4ccccc4)CC3)ncn2)cc1. The lowest BCUT2D eigenvalue weighted by molar-refractivity contribution is 0.414. The summed E-state index contributed by atoms with van der Waals surface area (Å²) in [5.74, 6) is 2.77. The van der Waals surface area contributed by atoms with Crippen LogP contribution in [0, 0.1) is 0 Å². The number of hydrogen-bond acceptors (Lipinski definition) is 6. The molecule has 0 amide bonds. The Bertz CT molecular complexity index is 881. The second kappa shape index (κ2) is 8.97. The Morgan fingerprint density at radius 2 is 1.61 bits per heavy atom. The van der Waals surface area contributed by atoms with Gasteiger partial charge in [0.15, 0.2) is 0 Å². The molecule has 144 valence electrons. The highest BCUT2D eigenvalue weighted by Crippen LogP contribution is 2.25. The minimum absolute atomic E-state index is 0.877. The molecular weight excluding hydrogens is 368 g/mol. The molecular formula is C22H24N4OS. The van der Waals surface area contributed by atoms with E-state index in [4.69, 9.17) is 4.74 Å². The van der Waals surface area contributed by atoms with E-state index in [1.807, 2.05) is 12.1 Å². The van der Waals surface area contributed by atoms with Crippen LogP contribution in [0.4, 0.5) is 11.5 Å². The van der Waals surface area contributed by atoms with Crippen LogP contribution in [0.2, 0.25) is 0 Å². The van der Waals surface area contributed by atoms with Crippen molar-refractivity contribution in [1.82, 2.24) is 9.97 Å². The van der Waals surface area contributed by atoms with Gasteiger partial charge in [-0.1, -0.05) is 30.3 Å². The molecule has 1 saturated heterocycles. The molecule has 0 N–H and O–H groups in total. The van der Waals surface area contributed by atoms with Crippen LogP contribution in [-0.4, -0.2) is 43.3 Å². The van der Waals surface area contributed by atoms with Crippen LogP contribution in [0.25, 0.3) is 0 Å². The van der Waals surface area contributed by atoms with E-state index in [0.29, 0.717) is 0 Å². The molecule has 3 aromatic rings. The van der Waals surface area contributed by atoms with Crippen LogP contribution in [0.3, 0.4) is 0 Å². The topological polar surface area (TPSA) is 41.5 Å². The third-order valence-corrected chi connectivity index (χ3v) is 5.90. The van der Waals surface area contributed by atoms with E-state index < -0.39 is 0 Å². The summed E-state index contributed by atoms with van der Waals surface area (Å²) in [6.07, 6.45) is 1.68. The highest BCUT2D eigenvalue weighted by atomic mass is 32.2. The molecule has 0 aliphatic carbocycles. The van der Waals surface area contributed by atoms with Gasteiger partial charge in [0.25, 0.3) is 0 Å². The van der Waals surface area contributed by atoms with E-state index in [-0.39, 0.29) is 0 Å². The molecule has 1 aromatic heterocycles. The fraction of sp³-hybridized carbons (Fsp3) is 0.273. The lowest BCUT2D eigenvalue weighted by Crippen LogP contribution is -2.46. The molecule has 2 heterocycles. The van der Waals surface area contributed by atoms with Crippen LogP contribution >= 0.6 is 11.8 Å². The van der Waals surface area contributed by atoms with Gasteiger partial charge in [0, 0.05) is 43.7 Å². The predicted octanol–water partition coefficient (Wildman–Crippen LogP) is 4.10. The lowest BCUT2D eigenvalue weighted by atomic mass is 10.2. The van der Waals surface area contributed by atoms with Gasteiger partial charge < -0.3 is 14.5 Å². The molecule has 28 heavy (non-hydrogen) atoms. The molecule has 0 bridgehead atoms. The third-order valence-electron chi connectivity index (χ3n) is 4.90. The summed E-state index contributed by atoms with van der Waals surface area (Å²) in [4.78, 5) is 13.7. The van der Waals surface area contributed by atoms with E-state index >= 15 is 0 Å². The van der Waals surface area contributed by atoms with Gasteiger partial charge in [-0.05, 0) is 29.8 Å². The van der Waals surface area contributed by atoms with E-state index in [9.17, 15) is 0 Å². The smallest absolute Gasteiger partial charge is 0.133 e. The quantitative estimate of drug-likeness (QED) is 0.465. The summed E-state index contributed by atoms with van der Waals surface area (Å²) in [6, 6.07) is 20.9. The molecule has 1 aliphatic rings. The summed E-state index contributed by atoms with van der Waals surface area (Å²) in [5.41, 5.74) is 2.54. The number of benzene rings is 2. The monoisotopic (exact) mass is 392 g/mol. The average Bonchev–Trinajstić information content (AvgIpc) is 2.79. The number of thioether (sulfide) groups is 1. The molecule has 0 saturated carbocycles. The van der Waals surface area contributed by atoms with Gasteiger partial charge in [0.1, 0.15) is 22.9 Å². The predicted molar refractivity (Wildman–Crippen MR) is 115 cm³/mol. The fourth-order valence-electron chi connectivity index (χ4n) is 3.29. The zero-order valence-corrected chi connectivity index (χ0v) is 16.8. The molecule has 0 radical (unpaired) electrons. The molecule has 0 spiro atoms. The van der Waals surface area contributed by atoms with Crippen molar-refractivity contribution in [3.63, 3.8) is 0 Å². The summed E-state index contributed by atoms with van der Waals surface area (Å²) in [7, 11) is 1.69. The number of hydrogen-bond donors (Lipinski definition) is 0. The van der Waals surface area contributed by atoms with Crippen molar-refractivity contribution in [2.24, 2.45) is 0 Å². The van der Waals surface area contributed by atoms with Gasteiger partial charge in [-0.3, -0.25) is 0 Å². The Kier molecular flexibility index (Phi) is 5.97. The van der Waals surface area contributed by atoms with Crippen molar-refractivity contribution < 1.29 is 4.74 Å². The number of ether oxygens (including phenoxy) is 1. The van der Waals surface area contributed by atoms with Crippen LogP contribution in [-0.2, 0) is 5.75 Å². The van der Waals surface area contributed by atoms with E-state index in [0.717, 1.165) is 48.5 Å². The Hall–Kier alpha value is -2.73. The van der Waals surface area contributed by atoms with Crippen molar-refractivity contribution in [1.29, 1.82) is 0 Å². The number of anilines is 2. The van der Waals surface area contributed by atoms with Gasteiger partial charge in [-0.15, -0.1) is 11.8 Å². The van der Waals surface area contributed by atoms with Crippen molar-refractivity contribution in [3.8, 4) is 5.75 Å². The molecule has 4 rings (SSSR count). The first-order chi connectivity index (χ1) is 13.8. The fourth-order valence-corrected chi connectivity index (χ4v) is 4.11. The maximum Gasteiger partial charge on any atom is 0.133 e. The minimum Gasteiger partial charge on any atom is -0.497 e. The maximum atomic E-state index is 5.21. The standard InChI is InChI=1S/C22H24N4OS/c1-27-20-9-7-18(8-10-20)16-28-22-15-21(23-17-24-22)26-13-11-25(12-14-26)19-5-3-2-4-6-19/h2-10,15,17H,11-14,16H2,1H3. The summed E-state index contributed by atoms with van der Waals surface area (Å²) >= 11 is 1.73. The number of para-hydroxylation sites is 1. The zero-order valence-electron chi connectivity index (χ0n) is 16.0. The van der Waals surface area contributed by atoms with Crippen LogP contribution in [0.15, 0.2) is 72.0 Å². The molecule has 2 aromatic carbocycles. The third kappa shape index (κ3) is 4.57. The van der Waals surface area contributed by atoms with E-state index in [1.54, 1.807) is 25.2 Å². The minimum atomic E-state index is 0.877. The first kappa shape index (κ1) is 18.6. The first-order valence-electron chi connectivity index (χ1n) is 9.44. The van der Waals surface area contributed by atoms with Crippen molar-refractivity contribution in [2.75, 3.05) is 43.1 Å². The number of piperazine rings is 1. The summed E-state index contributed by atoms with van der Waals surface area (Å²) in [6.45, 7) is 3.94. The number of nitrogens with zero attached hydrogens (tertiary/aromatic N) is 4. The highest BCUT2D eigenvalue weighted by molar-refractivity contribution is 7.98. The molecule has 6 heteroatoms.